The third-order valence-corrected chi connectivity index (χ3v) is 6.42. The van der Waals surface area contributed by atoms with E-state index in [1.54, 1.807) is 18.2 Å². The van der Waals surface area contributed by atoms with Crippen LogP contribution in [-0.4, -0.2) is 18.7 Å². The van der Waals surface area contributed by atoms with Crippen molar-refractivity contribution in [1.29, 1.82) is 0 Å². The second-order valence-corrected chi connectivity index (χ2v) is 11.6. The highest BCUT2D eigenvalue weighted by molar-refractivity contribution is 7.93. The first kappa shape index (κ1) is 12.4. The maximum atomic E-state index is 13.4. The highest BCUT2D eigenvalue weighted by Gasteiger charge is 2.18. The lowest BCUT2D eigenvalue weighted by atomic mass is 10.4. The summed E-state index contributed by atoms with van der Waals surface area (Å²) in [6.45, 7) is 5.95. The molecule has 0 saturated carbocycles. The van der Waals surface area contributed by atoms with Crippen LogP contribution in [-0.2, 0) is 9.73 Å². The molecule has 84 valence electrons. The van der Waals surface area contributed by atoms with Crippen LogP contribution in [0.15, 0.2) is 33.2 Å². The zero-order chi connectivity index (χ0) is 11.7. The lowest BCUT2D eigenvalue weighted by molar-refractivity contribution is 0.595. The topological polar surface area (TPSA) is 29.4 Å². The van der Waals surface area contributed by atoms with Crippen LogP contribution < -0.4 is 0 Å². The minimum Gasteiger partial charge on any atom is -0.274 e. The molecule has 0 bridgehead atoms. The van der Waals surface area contributed by atoms with Gasteiger partial charge in [-0.05, 0) is 31.8 Å². The Labute approximate surface area is 91.8 Å². The summed E-state index contributed by atoms with van der Waals surface area (Å²) in [5.74, 6) is -0.438. The summed E-state index contributed by atoms with van der Waals surface area (Å²) in [6, 6.07) is 6.13. The first-order valence-electron chi connectivity index (χ1n) is 4.70. The molecule has 2 nitrogen and oxygen atoms in total. The van der Waals surface area contributed by atoms with Gasteiger partial charge in [0.2, 0.25) is 0 Å². The van der Waals surface area contributed by atoms with Gasteiger partial charge in [0.1, 0.15) is 5.82 Å². The van der Waals surface area contributed by atoms with Crippen LogP contribution >= 0.6 is 0 Å². The van der Waals surface area contributed by atoms with E-state index in [0.717, 1.165) is 0 Å². The average molecular weight is 245 g/mol. The number of rotatable bonds is 2. The van der Waals surface area contributed by atoms with E-state index in [9.17, 15) is 8.60 Å². The molecule has 0 fully saturated rings. The van der Waals surface area contributed by atoms with Crippen molar-refractivity contribution in [3.05, 3.63) is 30.1 Å². The molecule has 15 heavy (non-hydrogen) atoms. The van der Waals surface area contributed by atoms with Gasteiger partial charge in [-0.15, -0.1) is 0 Å². The van der Waals surface area contributed by atoms with Crippen molar-refractivity contribution in [2.75, 3.05) is 6.26 Å². The zero-order valence-corrected chi connectivity index (χ0v) is 11.3. The predicted octanol–water partition coefficient (Wildman–Crippen LogP) is 3.12. The van der Waals surface area contributed by atoms with Gasteiger partial charge in [0.15, 0.2) is 8.24 Å². The van der Waals surface area contributed by atoms with Gasteiger partial charge in [-0.2, -0.15) is 0 Å². The third-order valence-electron chi connectivity index (χ3n) is 1.69. The molecule has 0 aliphatic rings. The van der Waals surface area contributed by atoms with Crippen LogP contribution in [0.1, 0.15) is 0 Å². The van der Waals surface area contributed by atoms with E-state index in [1.165, 1.54) is 12.3 Å². The number of nitrogens with zero attached hydrogens (tertiary/aromatic N) is 1. The minimum absolute atomic E-state index is 0.215. The largest absolute Gasteiger partial charge is 0.274 e. The zero-order valence-electron chi connectivity index (χ0n) is 9.45. The van der Waals surface area contributed by atoms with Gasteiger partial charge in [-0.3, -0.25) is 4.03 Å². The Morgan fingerprint density at radius 2 is 1.80 bits per heavy atom. The number of hydrogen-bond acceptors (Lipinski definition) is 2. The molecule has 0 amide bonds. The Kier molecular flexibility index (Phi) is 3.35. The monoisotopic (exact) mass is 245 g/mol. The van der Waals surface area contributed by atoms with Crippen LogP contribution in [0.3, 0.4) is 0 Å². The summed E-state index contributed by atoms with van der Waals surface area (Å²) in [5, 5.41) is 0. The molecule has 0 aliphatic heterocycles. The van der Waals surface area contributed by atoms with Crippen molar-refractivity contribution in [3.63, 3.8) is 0 Å². The Morgan fingerprint density at radius 1 is 1.27 bits per heavy atom. The molecule has 0 N–H and O–H groups in total. The fourth-order valence-electron chi connectivity index (χ4n) is 1.32. The quantitative estimate of drug-likeness (QED) is 0.736. The Balaban J connectivity index is 3.36. The first-order chi connectivity index (χ1) is 6.72. The normalized spacial score (nSPS) is 15.8. The molecule has 1 aromatic rings. The summed E-state index contributed by atoms with van der Waals surface area (Å²) in [6.07, 6.45) is 1.50. The fourth-order valence-corrected chi connectivity index (χ4v) is 6.66. The highest BCUT2D eigenvalue weighted by Crippen LogP contribution is 2.18. The van der Waals surface area contributed by atoms with Gasteiger partial charge >= 0.3 is 0 Å². The van der Waals surface area contributed by atoms with E-state index in [0.29, 0.717) is 0 Å². The lowest BCUT2D eigenvalue weighted by Gasteiger charge is -2.13. The van der Waals surface area contributed by atoms with Crippen molar-refractivity contribution in [1.82, 2.24) is 0 Å². The van der Waals surface area contributed by atoms with E-state index in [-0.39, 0.29) is 4.90 Å². The summed E-state index contributed by atoms with van der Waals surface area (Å²) in [7, 11) is -4.40. The molecule has 0 spiro atoms. The summed E-state index contributed by atoms with van der Waals surface area (Å²) in [4.78, 5) is 0.215. The predicted molar refractivity (Wildman–Crippen MR) is 64.5 cm³/mol. The molecular weight excluding hydrogens is 229 g/mol. The Morgan fingerprint density at radius 3 is 2.27 bits per heavy atom. The van der Waals surface area contributed by atoms with Gasteiger partial charge in [0.05, 0.1) is 14.6 Å². The van der Waals surface area contributed by atoms with E-state index >= 15 is 0 Å². The average Bonchev–Trinajstić information content (AvgIpc) is 1.99. The molecule has 0 heterocycles. The molecule has 1 aromatic carbocycles. The van der Waals surface area contributed by atoms with Gasteiger partial charge < -0.3 is 0 Å². The smallest absolute Gasteiger partial charge is 0.185 e. The molecular formula is C10H16FNOSSi. The minimum atomic E-state index is -2.59. The van der Waals surface area contributed by atoms with Crippen LogP contribution in [0.4, 0.5) is 4.39 Å². The molecule has 1 atom stereocenters. The second-order valence-electron chi connectivity index (χ2n) is 4.50. The van der Waals surface area contributed by atoms with Crippen LogP contribution in [0, 0.1) is 5.82 Å². The molecule has 1 rings (SSSR count). The van der Waals surface area contributed by atoms with Crippen molar-refractivity contribution in [2.24, 2.45) is 4.03 Å². The van der Waals surface area contributed by atoms with Crippen molar-refractivity contribution < 1.29 is 8.60 Å². The number of halogens is 1. The van der Waals surface area contributed by atoms with Crippen LogP contribution in [0.5, 0.6) is 0 Å². The molecule has 0 aliphatic carbocycles. The van der Waals surface area contributed by atoms with E-state index < -0.39 is 23.8 Å². The standard InChI is InChI=1S/C10H16FNOSSi/c1-14(13,12-15(2,3)4)10-8-6-5-7-9(10)11/h5-8H,1-4H3. The number of benzene rings is 1. The fraction of sp³-hybridized carbons (Fsp3) is 0.400. The van der Waals surface area contributed by atoms with Gasteiger partial charge in [-0.25, -0.2) is 8.60 Å². The lowest BCUT2D eigenvalue weighted by Crippen LogP contribution is -2.19. The summed E-state index contributed by atoms with van der Waals surface area (Å²) < 4.78 is 30.0. The van der Waals surface area contributed by atoms with Gasteiger partial charge in [0.25, 0.3) is 0 Å². The van der Waals surface area contributed by atoms with E-state index in [2.05, 4.69) is 4.03 Å². The molecule has 0 aromatic heterocycles. The SMILES string of the molecule is C[Si](C)(C)N=S(C)(=O)c1ccccc1F. The van der Waals surface area contributed by atoms with Gasteiger partial charge in [-0.1, -0.05) is 12.1 Å². The summed E-state index contributed by atoms with van der Waals surface area (Å²) in [5.41, 5.74) is 0. The van der Waals surface area contributed by atoms with Crippen molar-refractivity contribution >= 4 is 18.0 Å². The number of hydrogen-bond donors (Lipinski definition) is 0. The van der Waals surface area contributed by atoms with Crippen LogP contribution in [0.25, 0.3) is 0 Å². The van der Waals surface area contributed by atoms with E-state index in [4.69, 9.17) is 0 Å². The van der Waals surface area contributed by atoms with Crippen LogP contribution in [0.2, 0.25) is 19.6 Å². The third kappa shape index (κ3) is 3.42. The maximum Gasteiger partial charge on any atom is 0.185 e. The molecule has 0 radical (unpaired) electrons. The van der Waals surface area contributed by atoms with E-state index in [1.807, 2.05) is 19.6 Å². The molecule has 1 unspecified atom stereocenters. The van der Waals surface area contributed by atoms with Crippen molar-refractivity contribution in [2.45, 2.75) is 24.5 Å². The second kappa shape index (κ2) is 4.06. The highest BCUT2D eigenvalue weighted by atomic mass is 32.2. The Hall–Kier alpha value is -0.683. The molecule has 5 heteroatoms. The maximum absolute atomic E-state index is 13.4. The Bertz CT molecular complexity index is 473. The summed E-state index contributed by atoms with van der Waals surface area (Å²) >= 11 is 0. The first-order valence-corrected chi connectivity index (χ1v) is 10.1. The van der Waals surface area contributed by atoms with Crippen molar-refractivity contribution in [3.8, 4) is 0 Å². The molecule has 0 saturated heterocycles. The van der Waals surface area contributed by atoms with Gasteiger partial charge in [0, 0.05) is 6.26 Å².